The summed E-state index contributed by atoms with van der Waals surface area (Å²) in [4.78, 5) is 12.7. The molecule has 0 aromatic heterocycles. The molecule has 7 heteroatoms. The van der Waals surface area contributed by atoms with Gasteiger partial charge in [0.05, 0.1) is 11.5 Å². The molecule has 162 valence electrons. The third kappa shape index (κ3) is 5.83. The monoisotopic (exact) mass is 430 g/mol. The molecule has 0 spiro atoms. The fourth-order valence-corrected chi connectivity index (χ4v) is 5.09. The minimum atomic E-state index is -3.43. The fraction of sp³-hybridized carbons (Fsp3) is 0.435. The van der Waals surface area contributed by atoms with Gasteiger partial charge in [-0.25, -0.2) is 8.42 Å². The molecule has 0 bridgehead atoms. The lowest BCUT2D eigenvalue weighted by atomic mass is 10.1. The van der Waals surface area contributed by atoms with Gasteiger partial charge in [0.2, 0.25) is 10.0 Å². The third-order valence-corrected chi connectivity index (χ3v) is 7.15. The number of nitrogens with zero attached hydrogens (tertiary/aromatic N) is 1. The highest BCUT2D eigenvalue weighted by Gasteiger charge is 2.24. The van der Waals surface area contributed by atoms with Crippen LogP contribution < -0.4 is 10.1 Å². The van der Waals surface area contributed by atoms with Crippen molar-refractivity contribution in [3.05, 3.63) is 59.7 Å². The average molecular weight is 431 g/mol. The van der Waals surface area contributed by atoms with Crippen molar-refractivity contribution < 1.29 is 17.9 Å². The van der Waals surface area contributed by atoms with E-state index in [1.165, 1.54) is 0 Å². The first-order chi connectivity index (χ1) is 14.5. The number of nitrogens with one attached hydrogen (secondary N) is 1. The maximum Gasteiger partial charge on any atom is 0.251 e. The van der Waals surface area contributed by atoms with Gasteiger partial charge < -0.3 is 10.1 Å². The summed E-state index contributed by atoms with van der Waals surface area (Å²) in [5, 5.41) is 2.90. The number of ether oxygens (including phenoxy) is 1. The van der Waals surface area contributed by atoms with Crippen molar-refractivity contribution in [3.63, 3.8) is 0 Å². The number of hydrogen-bond acceptors (Lipinski definition) is 4. The summed E-state index contributed by atoms with van der Waals surface area (Å²) >= 11 is 0. The number of sulfonamides is 1. The van der Waals surface area contributed by atoms with Crippen molar-refractivity contribution in [2.75, 3.05) is 26.2 Å². The normalized spacial score (nSPS) is 15.4. The highest BCUT2D eigenvalue weighted by atomic mass is 32.2. The van der Waals surface area contributed by atoms with Gasteiger partial charge in [-0.2, -0.15) is 4.31 Å². The van der Waals surface area contributed by atoms with Crippen LogP contribution in [-0.2, 0) is 16.4 Å². The van der Waals surface area contributed by atoms with Gasteiger partial charge >= 0.3 is 0 Å². The van der Waals surface area contributed by atoms with Crippen LogP contribution >= 0.6 is 0 Å². The molecule has 1 fully saturated rings. The summed E-state index contributed by atoms with van der Waals surface area (Å²) in [5.41, 5.74) is 1.54. The Morgan fingerprint density at radius 1 is 1.03 bits per heavy atom. The van der Waals surface area contributed by atoms with E-state index in [4.69, 9.17) is 4.74 Å². The van der Waals surface area contributed by atoms with Crippen LogP contribution in [0.25, 0.3) is 0 Å². The molecule has 1 aliphatic rings. The van der Waals surface area contributed by atoms with Crippen LogP contribution in [0.5, 0.6) is 5.75 Å². The van der Waals surface area contributed by atoms with E-state index in [2.05, 4.69) is 5.32 Å². The Morgan fingerprint density at radius 3 is 2.40 bits per heavy atom. The van der Waals surface area contributed by atoms with Crippen LogP contribution in [0.1, 0.15) is 48.5 Å². The molecule has 1 saturated heterocycles. The molecule has 1 amide bonds. The van der Waals surface area contributed by atoms with Crippen LogP contribution in [0.3, 0.4) is 0 Å². The first-order valence-electron chi connectivity index (χ1n) is 10.6. The summed E-state index contributed by atoms with van der Waals surface area (Å²) in [6.45, 7) is 4.11. The number of hydrogen-bond donors (Lipinski definition) is 1. The quantitative estimate of drug-likeness (QED) is 0.694. The first-order valence-corrected chi connectivity index (χ1v) is 12.0. The van der Waals surface area contributed by atoms with Crippen LogP contribution in [0.2, 0.25) is 0 Å². The molecule has 0 saturated carbocycles. The fourth-order valence-electron chi connectivity index (χ4n) is 3.58. The van der Waals surface area contributed by atoms with E-state index in [0.717, 1.165) is 31.2 Å². The molecule has 6 nitrogen and oxygen atoms in total. The van der Waals surface area contributed by atoms with Crippen molar-refractivity contribution in [1.82, 2.24) is 9.62 Å². The lowest BCUT2D eigenvalue weighted by Crippen LogP contribution is -2.31. The summed E-state index contributed by atoms with van der Waals surface area (Å²) in [6, 6.07) is 14.1. The topological polar surface area (TPSA) is 75.7 Å². The zero-order valence-corrected chi connectivity index (χ0v) is 18.3. The van der Waals surface area contributed by atoms with E-state index in [1.807, 2.05) is 25.1 Å². The lowest BCUT2D eigenvalue weighted by Gasteiger charge is -2.20. The maximum atomic E-state index is 12.8. The Morgan fingerprint density at radius 2 is 1.73 bits per heavy atom. The van der Waals surface area contributed by atoms with Crippen LogP contribution in [0.4, 0.5) is 0 Å². The Hall–Kier alpha value is -2.38. The predicted molar refractivity (Wildman–Crippen MR) is 117 cm³/mol. The minimum absolute atomic E-state index is 0.156. The van der Waals surface area contributed by atoms with Crippen molar-refractivity contribution in [2.45, 2.75) is 43.9 Å². The highest BCUT2D eigenvalue weighted by molar-refractivity contribution is 7.89. The van der Waals surface area contributed by atoms with Gasteiger partial charge in [-0.15, -0.1) is 0 Å². The van der Waals surface area contributed by atoms with E-state index in [1.54, 1.807) is 34.6 Å². The number of rotatable bonds is 8. The molecule has 1 N–H and O–H groups in total. The molecule has 1 heterocycles. The van der Waals surface area contributed by atoms with Crippen molar-refractivity contribution >= 4 is 15.9 Å². The van der Waals surface area contributed by atoms with Gasteiger partial charge in [-0.05, 0) is 62.1 Å². The third-order valence-electron chi connectivity index (χ3n) is 5.23. The number of amides is 1. The molecule has 0 aliphatic carbocycles. The molecule has 0 atom stereocenters. The SMILES string of the molecule is CCOc1cccc(C(=O)NCCc2ccc(S(=O)(=O)N3CCCCCC3)cc2)c1. The second-order valence-corrected chi connectivity index (χ2v) is 9.37. The van der Waals surface area contributed by atoms with Gasteiger partial charge in [0.1, 0.15) is 5.75 Å². The van der Waals surface area contributed by atoms with E-state index < -0.39 is 10.0 Å². The lowest BCUT2D eigenvalue weighted by molar-refractivity contribution is 0.0953. The van der Waals surface area contributed by atoms with Gasteiger partial charge in [-0.1, -0.05) is 31.0 Å². The summed E-state index contributed by atoms with van der Waals surface area (Å²) in [7, 11) is -3.43. The summed E-state index contributed by atoms with van der Waals surface area (Å²) in [5.74, 6) is 0.517. The zero-order valence-electron chi connectivity index (χ0n) is 17.5. The largest absolute Gasteiger partial charge is 0.494 e. The number of carbonyl (C=O) groups excluding carboxylic acids is 1. The van der Waals surface area contributed by atoms with Gasteiger partial charge in [0.15, 0.2) is 0 Å². The second kappa shape index (κ2) is 10.6. The van der Waals surface area contributed by atoms with Crippen molar-refractivity contribution in [3.8, 4) is 5.75 Å². The Kier molecular flexibility index (Phi) is 7.87. The Bertz CT molecular complexity index is 934. The number of benzene rings is 2. The molecule has 30 heavy (non-hydrogen) atoms. The van der Waals surface area contributed by atoms with Crippen molar-refractivity contribution in [2.24, 2.45) is 0 Å². The molecule has 0 radical (unpaired) electrons. The molecule has 2 aromatic carbocycles. The standard InChI is InChI=1S/C23H30N2O4S/c1-2-29-21-9-7-8-20(18-21)23(26)24-15-14-19-10-12-22(13-11-19)30(27,28)25-16-5-3-4-6-17-25/h7-13,18H,2-6,14-17H2,1H3,(H,24,26). The Balaban J connectivity index is 1.54. The first kappa shape index (κ1) is 22.3. The van der Waals surface area contributed by atoms with E-state index in [0.29, 0.717) is 48.9 Å². The highest BCUT2D eigenvalue weighted by Crippen LogP contribution is 2.21. The van der Waals surface area contributed by atoms with Crippen LogP contribution in [0, 0.1) is 0 Å². The van der Waals surface area contributed by atoms with Crippen molar-refractivity contribution in [1.29, 1.82) is 0 Å². The predicted octanol–water partition coefficient (Wildman–Crippen LogP) is 3.62. The molecule has 1 aliphatic heterocycles. The van der Waals surface area contributed by atoms with Crippen LogP contribution in [-0.4, -0.2) is 44.9 Å². The second-order valence-electron chi connectivity index (χ2n) is 7.43. The van der Waals surface area contributed by atoms with Gasteiger partial charge in [0, 0.05) is 25.2 Å². The number of carbonyl (C=O) groups is 1. The zero-order chi connectivity index (χ0) is 21.4. The summed E-state index contributed by atoms with van der Waals surface area (Å²) < 4.78 is 32.7. The summed E-state index contributed by atoms with van der Waals surface area (Å²) in [6.07, 6.45) is 4.65. The van der Waals surface area contributed by atoms with E-state index in [-0.39, 0.29) is 5.91 Å². The molecule has 0 unspecified atom stereocenters. The average Bonchev–Trinajstić information content (AvgIpc) is 3.05. The molecule has 2 aromatic rings. The minimum Gasteiger partial charge on any atom is -0.494 e. The van der Waals surface area contributed by atoms with E-state index in [9.17, 15) is 13.2 Å². The smallest absolute Gasteiger partial charge is 0.251 e. The van der Waals surface area contributed by atoms with E-state index >= 15 is 0 Å². The van der Waals surface area contributed by atoms with Gasteiger partial charge in [-0.3, -0.25) is 4.79 Å². The molecular formula is C23H30N2O4S. The molecule has 3 rings (SSSR count). The van der Waals surface area contributed by atoms with Gasteiger partial charge in [0.25, 0.3) is 5.91 Å². The molecular weight excluding hydrogens is 400 g/mol. The Labute approximate surface area is 179 Å². The maximum absolute atomic E-state index is 12.8. The van der Waals surface area contributed by atoms with Crippen LogP contribution in [0.15, 0.2) is 53.4 Å².